The van der Waals surface area contributed by atoms with Gasteiger partial charge in [-0.25, -0.2) is 9.78 Å². The van der Waals surface area contributed by atoms with Crippen molar-refractivity contribution in [1.82, 2.24) is 9.88 Å². The number of rotatable bonds is 6. The summed E-state index contributed by atoms with van der Waals surface area (Å²) in [6.07, 6.45) is 22.4. The minimum absolute atomic E-state index is 0.107. The number of carbonyl (C=O) groups is 1. The first-order valence-corrected chi connectivity index (χ1v) is 12.7. The molecule has 1 aromatic heterocycles. The van der Waals surface area contributed by atoms with Crippen molar-refractivity contribution in [3.05, 3.63) is 11.1 Å². The van der Waals surface area contributed by atoms with Crippen LogP contribution in [0, 0.1) is 5.92 Å². The Morgan fingerprint density at radius 2 is 1.50 bits per heavy atom. The Morgan fingerprint density at radius 1 is 0.929 bits per heavy atom. The number of thiazole rings is 1. The van der Waals surface area contributed by atoms with Gasteiger partial charge >= 0.3 is 6.03 Å². The Hall–Kier alpha value is -1.10. The fraction of sp³-hybridized carbons (Fsp3) is 0.826. The average molecular weight is 404 g/mol. The van der Waals surface area contributed by atoms with Crippen LogP contribution in [0.15, 0.2) is 6.20 Å². The highest BCUT2D eigenvalue weighted by Gasteiger charge is 2.32. The summed E-state index contributed by atoms with van der Waals surface area (Å²) < 4.78 is 0. The van der Waals surface area contributed by atoms with Crippen LogP contribution in [0.2, 0.25) is 0 Å². The first-order chi connectivity index (χ1) is 13.8. The predicted octanol–water partition coefficient (Wildman–Crippen LogP) is 6.77. The van der Waals surface area contributed by atoms with Crippen molar-refractivity contribution in [1.29, 1.82) is 0 Å². The maximum atomic E-state index is 13.3. The Labute approximate surface area is 174 Å². The second kappa shape index (κ2) is 10.1. The molecule has 1 aromatic rings. The number of carbonyl (C=O) groups excluding carboxylic acids is 1. The van der Waals surface area contributed by atoms with Crippen molar-refractivity contribution in [3.63, 3.8) is 0 Å². The summed E-state index contributed by atoms with van der Waals surface area (Å²) in [4.78, 5) is 21.4. The van der Waals surface area contributed by atoms with Crippen LogP contribution in [0.5, 0.6) is 0 Å². The molecule has 0 bridgehead atoms. The van der Waals surface area contributed by atoms with Crippen LogP contribution in [0.3, 0.4) is 0 Å². The topological polar surface area (TPSA) is 45.2 Å². The quantitative estimate of drug-likeness (QED) is 0.570. The third kappa shape index (κ3) is 5.28. The van der Waals surface area contributed by atoms with E-state index in [-0.39, 0.29) is 6.03 Å². The molecule has 0 aromatic carbocycles. The predicted molar refractivity (Wildman–Crippen MR) is 117 cm³/mol. The van der Waals surface area contributed by atoms with E-state index < -0.39 is 0 Å². The summed E-state index contributed by atoms with van der Waals surface area (Å²) in [6.45, 7) is 0. The highest BCUT2D eigenvalue weighted by molar-refractivity contribution is 7.15. The van der Waals surface area contributed by atoms with Crippen LogP contribution >= 0.6 is 11.3 Å². The van der Waals surface area contributed by atoms with Gasteiger partial charge in [-0.3, -0.25) is 5.32 Å². The van der Waals surface area contributed by atoms with Gasteiger partial charge in [0.15, 0.2) is 5.13 Å². The number of nitrogens with zero attached hydrogens (tertiary/aromatic N) is 2. The van der Waals surface area contributed by atoms with E-state index in [1.807, 2.05) is 6.20 Å². The zero-order valence-electron chi connectivity index (χ0n) is 17.3. The van der Waals surface area contributed by atoms with Crippen LogP contribution in [0.1, 0.15) is 101 Å². The molecule has 28 heavy (non-hydrogen) atoms. The molecule has 0 saturated heterocycles. The van der Waals surface area contributed by atoms with E-state index in [2.05, 4.69) is 15.2 Å². The molecule has 1 heterocycles. The standard InChI is InChI=1S/C23H37N3OS/c27-23(25-22-24-17-21(28-22)16-15-18-9-7-8-10-18)26(19-11-3-1-4-12-19)20-13-5-2-6-14-20/h17-20H,1-16H2,(H,24,25,27). The van der Waals surface area contributed by atoms with E-state index in [0.717, 1.165) is 17.5 Å². The molecule has 4 rings (SSSR count). The lowest BCUT2D eigenvalue weighted by Crippen LogP contribution is -2.50. The number of hydrogen-bond acceptors (Lipinski definition) is 3. The fourth-order valence-corrected chi connectivity index (χ4v) is 6.45. The normalized spacial score (nSPS) is 22.4. The molecule has 5 heteroatoms. The van der Waals surface area contributed by atoms with E-state index in [4.69, 9.17) is 0 Å². The largest absolute Gasteiger partial charge is 0.324 e. The third-order valence-electron chi connectivity index (χ3n) is 7.21. The first-order valence-electron chi connectivity index (χ1n) is 11.8. The number of amides is 2. The van der Waals surface area contributed by atoms with Crippen molar-refractivity contribution >= 4 is 22.5 Å². The van der Waals surface area contributed by atoms with Gasteiger partial charge in [0.05, 0.1) is 0 Å². The van der Waals surface area contributed by atoms with Gasteiger partial charge < -0.3 is 4.90 Å². The van der Waals surface area contributed by atoms with Crippen LogP contribution in [-0.4, -0.2) is 28.0 Å². The van der Waals surface area contributed by atoms with E-state index in [9.17, 15) is 4.79 Å². The molecule has 0 radical (unpaired) electrons. The third-order valence-corrected chi connectivity index (χ3v) is 8.18. The summed E-state index contributed by atoms with van der Waals surface area (Å²) in [7, 11) is 0. The highest BCUT2D eigenvalue weighted by Crippen LogP contribution is 2.32. The molecular formula is C23H37N3OS. The van der Waals surface area contributed by atoms with E-state index >= 15 is 0 Å². The monoisotopic (exact) mass is 403 g/mol. The van der Waals surface area contributed by atoms with Crippen LogP contribution in [0.25, 0.3) is 0 Å². The lowest BCUT2D eigenvalue weighted by atomic mass is 9.89. The van der Waals surface area contributed by atoms with Crippen LogP contribution < -0.4 is 5.32 Å². The zero-order chi connectivity index (χ0) is 19.2. The molecule has 0 unspecified atom stereocenters. The lowest BCUT2D eigenvalue weighted by molar-refractivity contribution is 0.114. The van der Waals surface area contributed by atoms with Crippen LogP contribution in [0.4, 0.5) is 9.93 Å². The molecule has 0 atom stereocenters. The zero-order valence-corrected chi connectivity index (χ0v) is 18.2. The molecule has 3 fully saturated rings. The Bertz CT molecular complexity index is 595. The molecule has 0 spiro atoms. The maximum Gasteiger partial charge on any atom is 0.324 e. The maximum absolute atomic E-state index is 13.3. The summed E-state index contributed by atoms with van der Waals surface area (Å²) >= 11 is 1.69. The van der Waals surface area contributed by atoms with Crippen LogP contribution in [-0.2, 0) is 6.42 Å². The number of nitrogens with one attached hydrogen (secondary N) is 1. The van der Waals surface area contributed by atoms with Crippen molar-refractivity contribution in [2.24, 2.45) is 5.92 Å². The molecule has 3 aliphatic rings. The molecule has 0 aliphatic heterocycles. The van der Waals surface area contributed by atoms with Gasteiger partial charge in [-0.05, 0) is 44.4 Å². The van der Waals surface area contributed by atoms with Gasteiger partial charge in [0.2, 0.25) is 0 Å². The summed E-state index contributed by atoms with van der Waals surface area (Å²) in [5, 5.41) is 3.97. The molecule has 1 N–H and O–H groups in total. The highest BCUT2D eigenvalue weighted by atomic mass is 32.1. The smallest absolute Gasteiger partial charge is 0.319 e. The SMILES string of the molecule is O=C(Nc1ncc(CCC2CCCC2)s1)N(C1CCCCC1)C1CCCCC1. The second-order valence-corrected chi connectivity index (χ2v) is 10.4. The van der Waals surface area contributed by atoms with E-state index in [1.54, 1.807) is 11.3 Å². The summed E-state index contributed by atoms with van der Waals surface area (Å²) in [5.41, 5.74) is 0. The van der Waals surface area contributed by atoms with Gasteiger partial charge in [-0.1, -0.05) is 64.2 Å². The number of anilines is 1. The first kappa shape index (κ1) is 20.2. The average Bonchev–Trinajstić information content (AvgIpc) is 3.40. The minimum atomic E-state index is 0.107. The molecule has 3 saturated carbocycles. The molecule has 4 nitrogen and oxygen atoms in total. The van der Waals surface area contributed by atoms with Crippen molar-refractivity contribution in [3.8, 4) is 0 Å². The Kier molecular flexibility index (Phi) is 7.27. The number of aromatic nitrogens is 1. The van der Waals surface area contributed by atoms with Gasteiger partial charge in [0, 0.05) is 23.2 Å². The second-order valence-electron chi connectivity index (χ2n) is 9.24. The van der Waals surface area contributed by atoms with Crippen molar-refractivity contribution in [2.75, 3.05) is 5.32 Å². The fourth-order valence-electron chi connectivity index (χ4n) is 5.63. The lowest BCUT2D eigenvalue weighted by Gasteiger charge is -2.41. The van der Waals surface area contributed by atoms with Gasteiger partial charge in [0.1, 0.15) is 0 Å². The molecule has 3 aliphatic carbocycles. The van der Waals surface area contributed by atoms with Gasteiger partial charge in [-0.15, -0.1) is 11.3 Å². The number of hydrogen-bond donors (Lipinski definition) is 1. The molecule has 2 amide bonds. The summed E-state index contributed by atoms with van der Waals surface area (Å²) in [6, 6.07) is 0.966. The summed E-state index contributed by atoms with van der Waals surface area (Å²) in [5.74, 6) is 0.910. The van der Waals surface area contributed by atoms with E-state index in [0.29, 0.717) is 12.1 Å². The number of urea groups is 1. The Morgan fingerprint density at radius 3 is 2.11 bits per heavy atom. The Balaban J connectivity index is 1.36. The van der Waals surface area contributed by atoms with Crippen molar-refractivity contribution < 1.29 is 4.79 Å². The van der Waals surface area contributed by atoms with Crippen molar-refractivity contribution in [2.45, 2.75) is 115 Å². The molecular weight excluding hydrogens is 366 g/mol. The van der Waals surface area contributed by atoms with E-state index in [1.165, 1.54) is 101 Å². The molecule has 156 valence electrons. The number of aryl methyl sites for hydroxylation is 1. The van der Waals surface area contributed by atoms with Gasteiger partial charge in [0.25, 0.3) is 0 Å². The van der Waals surface area contributed by atoms with Gasteiger partial charge in [-0.2, -0.15) is 0 Å². The minimum Gasteiger partial charge on any atom is -0.319 e.